The first-order valence-electron chi connectivity index (χ1n) is 14.2. The van der Waals surface area contributed by atoms with E-state index in [9.17, 15) is 14.4 Å². The van der Waals surface area contributed by atoms with Crippen LogP contribution in [0.25, 0.3) is 22.0 Å². The minimum atomic E-state index is -0.633. The van der Waals surface area contributed by atoms with Crippen LogP contribution in [-0.4, -0.2) is 59.3 Å². The summed E-state index contributed by atoms with van der Waals surface area (Å²) in [7, 11) is 0. The maximum Gasteiger partial charge on any atom is 0.248 e. The van der Waals surface area contributed by atoms with Crippen molar-refractivity contribution >= 4 is 50.2 Å². The Labute approximate surface area is 256 Å². The summed E-state index contributed by atoms with van der Waals surface area (Å²) in [6.07, 6.45) is 2.84. The third-order valence-corrected chi connectivity index (χ3v) is 9.40. The maximum absolute atomic E-state index is 14.0. The van der Waals surface area contributed by atoms with Crippen molar-refractivity contribution in [3.63, 3.8) is 0 Å². The van der Waals surface area contributed by atoms with Crippen LogP contribution in [0, 0.1) is 19.3 Å². The predicted molar refractivity (Wildman–Crippen MR) is 162 cm³/mol. The standard InChI is InChI=1S/C31H30BrN7O4/c1-14-6-7-25(32)35-28(14)36-29(42)23-10-31(5)11-24(31)39(23)26(41)13-38-22-9-18-16(3)43-30-21(12-33-17(4)34-30)19(18)8-20(22)27(37-38)15(2)40/h6-9,12,16,23-24H,10-11,13H2,1-5H3,(H,35,36,42)/t16?,23-,24+,31-/m0/s1. The van der Waals surface area contributed by atoms with Gasteiger partial charge < -0.3 is 15.0 Å². The molecule has 12 heteroatoms. The number of nitrogens with one attached hydrogen (secondary N) is 1. The first kappa shape index (κ1) is 27.6. The highest BCUT2D eigenvalue weighted by Crippen LogP contribution is 2.59. The number of fused-ring (bicyclic) bond motifs is 5. The highest BCUT2D eigenvalue weighted by Gasteiger charge is 2.64. The van der Waals surface area contributed by atoms with Crippen LogP contribution in [0.4, 0.5) is 5.82 Å². The zero-order valence-corrected chi connectivity index (χ0v) is 26.0. The van der Waals surface area contributed by atoms with Gasteiger partial charge in [-0.1, -0.05) is 13.0 Å². The Morgan fingerprint density at radius 2 is 1.93 bits per heavy atom. The van der Waals surface area contributed by atoms with Crippen LogP contribution < -0.4 is 10.1 Å². The highest BCUT2D eigenvalue weighted by molar-refractivity contribution is 9.10. The van der Waals surface area contributed by atoms with Crippen molar-refractivity contribution in [2.24, 2.45) is 5.41 Å². The summed E-state index contributed by atoms with van der Waals surface area (Å²) in [4.78, 5) is 55.1. The van der Waals surface area contributed by atoms with Gasteiger partial charge in [0.1, 0.15) is 40.6 Å². The number of amides is 2. The molecule has 2 aliphatic heterocycles. The molecule has 1 saturated heterocycles. The average molecular weight is 645 g/mol. The number of aryl methyl sites for hydroxylation is 2. The zero-order valence-electron chi connectivity index (χ0n) is 24.4. The topological polar surface area (TPSA) is 132 Å². The largest absolute Gasteiger partial charge is 0.469 e. The van der Waals surface area contributed by atoms with Gasteiger partial charge in [0.25, 0.3) is 0 Å². The summed E-state index contributed by atoms with van der Waals surface area (Å²) in [5.41, 5.74) is 4.16. The number of likely N-dealkylation sites (tertiary alicyclic amines) is 1. The number of rotatable bonds is 5. The van der Waals surface area contributed by atoms with Gasteiger partial charge in [-0.3, -0.25) is 19.1 Å². The number of hydrogen-bond acceptors (Lipinski definition) is 8. The molecule has 3 aliphatic rings. The number of carbonyl (C=O) groups is 3. The second-order valence-electron chi connectivity index (χ2n) is 12.1. The minimum absolute atomic E-state index is 0.0254. The molecule has 1 N–H and O–H groups in total. The van der Waals surface area contributed by atoms with Gasteiger partial charge in [0, 0.05) is 30.1 Å². The normalized spacial score (nSPS) is 23.3. The summed E-state index contributed by atoms with van der Waals surface area (Å²) in [5.74, 6) is 0.877. The molecular weight excluding hydrogens is 614 g/mol. The second-order valence-corrected chi connectivity index (χ2v) is 12.9. The van der Waals surface area contributed by atoms with E-state index < -0.39 is 6.04 Å². The van der Waals surface area contributed by atoms with Gasteiger partial charge in [0.15, 0.2) is 5.78 Å². The van der Waals surface area contributed by atoms with E-state index in [1.165, 1.54) is 6.92 Å². The first-order valence-corrected chi connectivity index (χ1v) is 15.0. The fourth-order valence-corrected chi connectivity index (χ4v) is 6.85. The molecule has 1 aromatic carbocycles. The number of hydrogen-bond donors (Lipinski definition) is 1. The van der Waals surface area contributed by atoms with Crippen molar-refractivity contribution in [2.45, 2.75) is 72.2 Å². The minimum Gasteiger partial charge on any atom is -0.469 e. The van der Waals surface area contributed by atoms with Crippen LogP contribution in [0.3, 0.4) is 0 Å². The molecule has 0 bridgehead atoms. The summed E-state index contributed by atoms with van der Waals surface area (Å²) in [6.45, 7) is 9.08. The molecule has 1 saturated carbocycles. The molecule has 7 rings (SSSR count). The SMILES string of the molecule is CC(=O)c1nn(CC(=O)N2[C@H](C(=O)Nc3nc(Br)ccc3C)C[C@@]3(C)C[C@@H]23)c2cc3c(cc12)-c1cnc(C)nc1OC3C. The van der Waals surface area contributed by atoms with E-state index in [1.54, 1.807) is 22.7 Å². The smallest absolute Gasteiger partial charge is 0.248 e. The number of anilines is 1. The highest BCUT2D eigenvalue weighted by atomic mass is 79.9. The lowest BCUT2D eigenvalue weighted by molar-refractivity contribution is -0.138. The molecule has 220 valence electrons. The predicted octanol–water partition coefficient (Wildman–Crippen LogP) is 4.94. The van der Waals surface area contributed by atoms with Crippen LogP contribution in [0.1, 0.15) is 67.2 Å². The molecule has 2 fully saturated rings. The number of halogens is 1. The van der Waals surface area contributed by atoms with E-state index in [0.717, 1.165) is 28.7 Å². The van der Waals surface area contributed by atoms with Crippen LogP contribution in [0.15, 0.2) is 35.1 Å². The van der Waals surface area contributed by atoms with Gasteiger partial charge in [-0.2, -0.15) is 10.1 Å². The van der Waals surface area contributed by atoms with Crippen molar-refractivity contribution in [2.75, 3.05) is 5.32 Å². The Balaban J connectivity index is 1.23. The summed E-state index contributed by atoms with van der Waals surface area (Å²) in [5, 5.41) is 8.19. The Morgan fingerprint density at radius 3 is 2.70 bits per heavy atom. The molecule has 4 atom stereocenters. The summed E-state index contributed by atoms with van der Waals surface area (Å²) < 4.78 is 8.30. The molecule has 11 nitrogen and oxygen atoms in total. The molecule has 3 aromatic heterocycles. The van der Waals surface area contributed by atoms with Gasteiger partial charge in [0.05, 0.1) is 11.1 Å². The third-order valence-electron chi connectivity index (χ3n) is 8.96. The number of pyridine rings is 1. The van der Waals surface area contributed by atoms with Crippen LogP contribution >= 0.6 is 15.9 Å². The van der Waals surface area contributed by atoms with E-state index >= 15 is 0 Å². The number of benzene rings is 1. The number of nitrogens with zero attached hydrogens (tertiary/aromatic N) is 6. The molecular formula is C31H30BrN7O4. The van der Waals surface area contributed by atoms with Crippen molar-refractivity contribution in [1.82, 2.24) is 29.6 Å². The number of Topliss-reactive ketones (excluding diaryl/α,β-unsaturated/α-hetero) is 1. The molecule has 1 unspecified atom stereocenters. The molecule has 43 heavy (non-hydrogen) atoms. The van der Waals surface area contributed by atoms with Gasteiger partial charge in [-0.15, -0.1) is 0 Å². The van der Waals surface area contributed by atoms with Crippen LogP contribution in [0.2, 0.25) is 0 Å². The van der Waals surface area contributed by atoms with Gasteiger partial charge in [0.2, 0.25) is 17.7 Å². The monoisotopic (exact) mass is 643 g/mol. The molecule has 2 amide bonds. The van der Waals surface area contributed by atoms with Crippen LogP contribution in [0.5, 0.6) is 5.88 Å². The Bertz CT molecular complexity index is 1890. The Kier molecular flexibility index (Phi) is 6.21. The van der Waals surface area contributed by atoms with Crippen molar-refractivity contribution in [3.8, 4) is 17.0 Å². The van der Waals surface area contributed by atoms with Crippen molar-refractivity contribution < 1.29 is 19.1 Å². The van der Waals surface area contributed by atoms with E-state index in [2.05, 4.69) is 48.2 Å². The summed E-state index contributed by atoms with van der Waals surface area (Å²) >= 11 is 3.36. The van der Waals surface area contributed by atoms with E-state index in [4.69, 9.17) is 4.74 Å². The van der Waals surface area contributed by atoms with Crippen molar-refractivity contribution in [1.29, 1.82) is 0 Å². The number of ketones is 1. The fourth-order valence-electron chi connectivity index (χ4n) is 6.54. The lowest BCUT2D eigenvalue weighted by Crippen LogP contribution is -2.47. The Morgan fingerprint density at radius 1 is 1.14 bits per heavy atom. The lowest BCUT2D eigenvalue weighted by atomic mass is 9.93. The molecule has 0 radical (unpaired) electrons. The van der Waals surface area contributed by atoms with Gasteiger partial charge in [-0.25, -0.2) is 9.97 Å². The van der Waals surface area contributed by atoms with Crippen molar-refractivity contribution in [3.05, 3.63) is 57.7 Å². The zero-order chi connectivity index (χ0) is 30.4. The maximum atomic E-state index is 14.0. The first-order chi connectivity index (χ1) is 20.4. The number of ether oxygens (including phenoxy) is 1. The number of piperidine rings is 1. The summed E-state index contributed by atoms with van der Waals surface area (Å²) in [6, 6.07) is 6.88. The number of carbonyl (C=O) groups excluding carboxylic acids is 3. The van der Waals surface area contributed by atoms with E-state index in [-0.39, 0.29) is 47.4 Å². The number of aromatic nitrogens is 5. The average Bonchev–Trinajstić information content (AvgIpc) is 3.32. The van der Waals surface area contributed by atoms with Gasteiger partial charge >= 0.3 is 0 Å². The van der Waals surface area contributed by atoms with Gasteiger partial charge in [-0.05, 0) is 84.3 Å². The Hall–Kier alpha value is -4.19. The molecule has 4 aromatic rings. The molecule has 1 aliphatic carbocycles. The quantitative estimate of drug-likeness (QED) is 0.239. The fraction of sp³-hybridized carbons (Fsp3) is 0.387. The molecule has 5 heterocycles. The second kappa shape index (κ2) is 9.66. The molecule has 0 spiro atoms. The van der Waals surface area contributed by atoms with E-state index in [0.29, 0.717) is 39.4 Å². The lowest BCUT2D eigenvalue weighted by Gasteiger charge is -2.27. The van der Waals surface area contributed by atoms with E-state index in [1.807, 2.05) is 38.1 Å². The van der Waals surface area contributed by atoms with Crippen LogP contribution in [-0.2, 0) is 16.1 Å². The third kappa shape index (κ3) is 4.50.